The molecule has 0 aliphatic rings. The van der Waals surface area contributed by atoms with E-state index in [1.54, 1.807) is 6.26 Å². The van der Waals surface area contributed by atoms with E-state index in [-0.39, 0.29) is 5.54 Å². The summed E-state index contributed by atoms with van der Waals surface area (Å²) in [4.78, 5) is 2.17. The van der Waals surface area contributed by atoms with Crippen molar-refractivity contribution in [2.45, 2.75) is 19.0 Å². The first-order valence-electron chi connectivity index (χ1n) is 6.13. The number of rotatable bonds is 5. The zero-order valence-corrected chi connectivity index (χ0v) is 11.0. The second-order valence-electron chi connectivity index (χ2n) is 5.04. The molecule has 1 aromatic heterocycles. The molecule has 3 nitrogen and oxygen atoms in total. The molecular weight excluding hydrogens is 224 g/mol. The number of nitrogens with two attached hydrogens (primary N) is 1. The van der Waals surface area contributed by atoms with Crippen LogP contribution in [0.3, 0.4) is 0 Å². The number of benzene rings is 1. The maximum absolute atomic E-state index is 6.40. The van der Waals surface area contributed by atoms with Crippen molar-refractivity contribution in [2.24, 2.45) is 5.73 Å². The lowest BCUT2D eigenvalue weighted by Crippen LogP contribution is -2.43. The van der Waals surface area contributed by atoms with Crippen LogP contribution in [0.25, 0.3) is 0 Å². The van der Waals surface area contributed by atoms with Gasteiger partial charge in [-0.3, -0.25) is 4.90 Å². The van der Waals surface area contributed by atoms with E-state index in [1.807, 2.05) is 30.3 Å². The second-order valence-corrected chi connectivity index (χ2v) is 5.04. The Balaban J connectivity index is 1.99. The number of likely N-dealkylation sites (N-methyl/N-ethyl adjacent to an activating group) is 1. The van der Waals surface area contributed by atoms with Crippen LogP contribution >= 0.6 is 0 Å². The Kier molecular flexibility index (Phi) is 3.84. The number of furan rings is 1. The van der Waals surface area contributed by atoms with Gasteiger partial charge in [-0.15, -0.1) is 0 Å². The van der Waals surface area contributed by atoms with Crippen molar-refractivity contribution in [3.05, 3.63) is 60.1 Å². The van der Waals surface area contributed by atoms with Crippen molar-refractivity contribution in [1.29, 1.82) is 0 Å². The third kappa shape index (κ3) is 3.22. The average Bonchev–Trinajstić information content (AvgIpc) is 2.82. The van der Waals surface area contributed by atoms with Crippen LogP contribution in [0.4, 0.5) is 0 Å². The van der Waals surface area contributed by atoms with E-state index >= 15 is 0 Å². The molecule has 1 heterocycles. The Hall–Kier alpha value is -1.58. The summed E-state index contributed by atoms with van der Waals surface area (Å²) in [6.07, 6.45) is 1.70. The lowest BCUT2D eigenvalue weighted by Gasteiger charge is -2.30. The highest BCUT2D eigenvalue weighted by atomic mass is 16.3. The Morgan fingerprint density at radius 1 is 1.17 bits per heavy atom. The third-order valence-corrected chi connectivity index (χ3v) is 3.04. The third-order valence-electron chi connectivity index (χ3n) is 3.04. The highest BCUT2D eigenvalue weighted by Crippen LogP contribution is 2.19. The topological polar surface area (TPSA) is 42.4 Å². The lowest BCUT2D eigenvalue weighted by molar-refractivity contribution is 0.236. The largest absolute Gasteiger partial charge is 0.468 e. The maximum Gasteiger partial charge on any atom is 0.117 e. The molecule has 0 aliphatic heterocycles. The minimum atomic E-state index is -0.359. The van der Waals surface area contributed by atoms with Crippen molar-refractivity contribution < 1.29 is 4.42 Å². The fourth-order valence-electron chi connectivity index (χ4n) is 2.20. The molecule has 18 heavy (non-hydrogen) atoms. The van der Waals surface area contributed by atoms with Gasteiger partial charge < -0.3 is 10.2 Å². The molecule has 0 aliphatic carbocycles. The van der Waals surface area contributed by atoms with E-state index in [4.69, 9.17) is 10.2 Å². The number of hydrogen-bond acceptors (Lipinski definition) is 3. The van der Waals surface area contributed by atoms with Crippen LogP contribution in [-0.4, -0.2) is 18.5 Å². The van der Waals surface area contributed by atoms with E-state index in [1.165, 1.54) is 0 Å². The van der Waals surface area contributed by atoms with Crippen LogP contribution in [0.2, 0.25) is 0 Å². The minimum absolute atomic E-state index is 0.359. The van der Waals surface area contributed by atoms with Crippen molar-refractivity contribution in [2.75, 3.05) is 13.6 Å². The van der Waals surface area contributed by atoms with E-state index in [0.717, 1.165) is 24.4 Å². The molecule has 1 unspecified atom stereocenters. The van der Waals surface area contributed by atoms with Gasteiger partial charge in [-0.25, -0.2) is 0 Å². The molecule has 2 rings (SSSR count). The first-order valence-corrected chi connectivity index (χ1v) is 6.13. The average molecular weight is 244 g/mol. The summed E-state index contributed by atoms with van der Waals surface area (Å²) in [7, 11) is 2.05. The van der Waals surface area contributed by atoms with E-state index in [0.29, 0.717) is 0 Å². The predicted molar refractivity (Wildman–Crippen MR) is 73.0 cm³/mol. The Morgan fingerprint density at radius 2 is 1.89 bits per heavy atom. The van der Waals surface area contributed by atoms with Gasteiger partial charge in [0.05, 0.1) is 18.3 Å². The van der Waals surface area contributed by atoms with Gasteiger partial charge in [0.15, 0.2) is 0 Å². The summed E-state index contributed by atoms with van der Waals surface area (Å²) in [5.41, 5.74) is 7.19. The molecule has 0 radical (unpaired) electrons. The summed E-state index contributed by atoms with van der Waals surface area (Å²) in [6, 6.07) is 14.1. The van der Waals surface area contributed by atoms with Gasteiger partial charge in [0.2, 0.25) is 0 Å². The molecule has 0 saturated heterocycles. The Labute approximate surface area is 108 Å². The van der Waals surface area contributed by atoms with Crippen molar-refractivity contribution in [3.8, 4) is 0 Å². The summed E-state index contributed by atoms with van der Waals surface area (Å²) in [5, 5.41) is 0. The summed E-state index contributed by atoms with van der Waals surface area (Å²) >= 11 is 0. The van der Waals surface area contributed by atoms with Gasteiger partial charge in [-0.1, -0.05) is 30.3 Å². The van der Waals surface area contributed by atoms with Crippen LogP contribution in [0.5, 0.6) is 0 Å². The van der Waals surface area contributed by atoms with Crippen LogP contribution in [0, 0.1) is 0 Å². The summed E-state index contributed by atoms with van der Waals surface area (Å²) in [6.45, 7) is 3.60. The molecule has 3 heteroatoms. The number of hydrogen-bond donors (Lipinski definition) is 1. The van der Waals surface area contributed by atoms with Crippen LogP contribution in [0.1, 0.15) is 18.2 Å². The van der Waals surface area contributed by atoms with Crippen molar-refractivity contribution in [1.82, 2.24) is 4.90 Å². The van der Waals surface area contributed by atoms with E-state index in [9.17, 15) is 0 Å². The van der Waals surface area contributed by atoms with Gasteiger partial charge >= 0.3 is 0 Å². The van der Waals surface area contributed by atoms with Gasteiger partial charge in [-0.05, 0) is 31.7 Å². The zero-order valence-electron chi connectivity index (χ0n) is 11.0. The summed E-state index contributed by atoms with van der Waals surface area (Å²) < 4.78 is 5.34. The molecule has 0 amide bonds. The lowest BCUT2D eigenvalue weighted by atomic mass is 9.93. The van der Waals surface area contributed by atoms with E-state index < -0.39 is 0 Å². The highest BCUT2D eigenvalue weighted by Gasteiger charge is 2.23. The monoisotopic (exact) mass is 244 g/mol. The Morgan fingerprint density at radius 3 is 2.50 bits per heavy atom. The molecule has 0 spiro atoms. The maximum atomic E-state index is 6.40. The van der Waals surface area contributed by atoms with Gasteiger partial charge in [0.1, 0.15) is 5.76 Å². The Bertz CT molecular complexity index is 463. The van der Waals surface area contributed by atoms with Gasteiger partial charge in [0, 0.05) is 6.54 Å². The first-order chi connectivity index (χ1) is 8.58. The quantitative estimate of drug-likeness (QED) is 0.879. The smallest absolute Gasteiger partial charge is 0.117 e. The second kappa shape index (κ2) is 5.38. The van der Waals surface area contributed by atoms with Crippen LogP contribution < -0.4 is 5.73 Å². The molecule has 2 N–H and O–H groups in total. The first kappa shape index (κ1) is 12.9. The molecule has 1 aromatic carbocycles. The zero-order chi connectivity index (χ0) is 13.0. The van der Waals surface area contributed by atoms with Gasteiger partial charge in [0.25, 0.3) is 0 Å². The predicted octanol–water partition coefficient (Wildman–Crippen LogP) is 2.59. The van der Waals surface area contributed by atoms with Crippen molar-refractivity contribution in [3.63, 3.8) is 0 Å². The summed E-state index contributed by atoms with van der Waals surface area (Å²) in [5.74, 6) is 0.960. The van der Waals surface area contributed by atoms with Gasteiger partial charge in [-0.2, -0.15) is 0 Å². The molecular formula is C15H20N2O. The number of nitrogens with zero attached hydrogens (tertiary/aromatic N) is 1. The molecule has 2 aromatic rings. The van der Waals surface area contributed by atoms with Crippen LogP contribution in [0.15, 0.2) is 53.1 Å². The fourth-order valence-corrected chi connectivity index (χ4v) is 2.20. The highest BCUT2D eigenvalue weighted by molar-refractivity contribution is 5.23. The fraction of sp³-hybridized carbons (Fsp3) is 0.333. The minimum Gasteiger partial charge on any atom is -0.468 e. The molecule has 1 atom stereocenters. The standard InChI is InChI=1S/C15H20N2O/c1-15(16,13-7-4-3-5-8-13)12-17(2)11-14-9-6-10-18-14/h3-10H,11-12,16H2,1-2H3. The van der Waals surface area contributed by atoms with E-state index in [2.05, 4.69) is 31.0 Å². The molecule has 96 valence electrons. The molecule has 0 bridgehead atoms. The van der Waals surface area contributed by atoms with Crippen LogP contribution in [-0.2, 0) is 12.1 Å². The normalized spacial score (nSPS) is 14.7. The molecule has 0 saturated carbocycles. The van der Waals surface area contributed by atoms with Crippen molar-refractivity contribution >= 4 is 0 Å². The SMILES string of the molecule is CN(Cc1ccco1)CC(C)(N)c1ccccc1. The molecule has 0 fully saturated rings.